The summed E-state index contributed by atoms with van der Waals surface area (Å²) in [6, 6.07) is 12.0. The van der Waals surface area contributed by atoms with E-state index in [4.69, 9.17) is 4.74 Å². The van der Waals surface area contributed by atoms with Gasteiger partial charge in [-0.25, -0.2) is 0 Å². The van der Waals surface area contributed by atoms with Gasteiger partial charge in [0.05, 0.1) is 19.2 Å². The highest BCUT2D eigenvalue weighted by Gasteiger charge is 2.19. The number of ether oxygens (including phenoxy) is 1. The van der Waals surface area contributed by atoms with Crippen LogP contribution in [0.3, 0.4) is 0 Å². The summed E-state index contributed by atoms with van der Waals surface area (Å²) < 4.78 is 5.78. The molecule has 1 aliphatic rings. The number of hydrogen-bond acceptors (Lipinski definition) is 4. The van der Waals surface area contributed by atoms with Crippen molar-refractivity contribution in [1.29, 1.82) is 0 Å². The second-order valence-corrected chi connectivity index (χ2v) is 7.31. The molecule has 1 heterocycles. The fraction of sp³-hybridized carbons (Fsp3) is 0.409. The number of carbonyl (C=O) groups excluding carboxylic acids is 1. The predicted molar refractivity (Wildman–Crippen MR) is 106 cm³/mol. The first kappa shape index (κ1) is 19.4. The van der Waals surface area contributed by atoms with Gasteiger partial charge in [0.2, 0.25) is 5.91 Å². The molecule has 0 saturated heterocycles. The van der Waals surface area contributed by atoms with Gasteiger partial charge in [-0.2, -0.15) is 0 Å². The van der Waals surface area contributed by atoms with E-state index >= 15 is 0 Å². The van der Waals surface area contributed by atoms with Gasteiger partial charge in [-0.1, -0.05) is 29.8 Å². The van der Waals surface area contributed by atoms with Crippen molar-refractivity contribution in [2.24, 2.45) is 0 Å². The van der Waals surface area contributed by atoms with Gasteiger partial charge < -0.3 is 15.2 Å². The minimum Gasteiger partial charge on any atom is -0.492 e. The Hall–Kier alpha value is -2.37. The van der Waals surface area contributed by atoms with E-state index in [0.717, 1.165) is 22.4 Å². The van der Waals surface area contributed by atoms with Crippen molar-refractivity contribution in [1.82, 2.24) is 10.2 Å². The van der Waals surface area contributed by atoms with E-state index < -0.39 is 0 Å². The minimum atomic E-state index is -0.0334. The van der Waals surface area contributed by atoms with E-state index in [1.165, 1.54) is 11.1 Å². The Labute approximate surface area is 161 Å². The van der Waals surface area contributed by atoms with Crippen LogP contribution in [-0.4, -0.2) is 35.6 Å². The molecule has 0 spiro atoms. The number of rotatable bonds is 5. The highest BCUT2D eigenvalue weighted by atomic mass is 16.5. The Kier molecular flexibility index (Phi) is 6.14. The molecular weight excluding hydrogens is 340 g/mol. The van der Waals surface area contributed by atoms with Crippen molar-refractivity contribution >= 4 is 5.91 Å². The Bertz CT molecular complexity index is 819. The Morgan fingerprint density at radius 2 is 2.07 bits per heavy atom. The van der Waals surface area contributed by atoms with Crippen molar-refractivity contribution in [3.05, 3.63) is 64.2 Å². The molecule has 2 N–H and O–H groups in total. The molecule has 5 heteroatoms. The second kappa shape index (κ2) is 8.55. The van der Waals surface area contributed by atoms with Gasteiger partial charge in [0.25, 0.3) is 0 Å². The molecule has 5 nitrogen and oxygen atoms in total. The van der Waals surface area contributed by atoms with Crippen LogP contribution in [-0.2, 0) is 17.9 Å². The average molecular weight is 368 g/mol. The van der Waals surface area contributed by atoms with Gasteiger partial charge in [0.1, 0.15) is 12.4 Å². The molecule has 27 heavy (non-hydrogen) atoms. The summed E-state index contributed by atoms with van der Waals surface area (Å²) in [5, 5.41) is 12.5. The molecule has 1 unspecified atom stereocenters. The highest BCUT2D eigenvalue weighted by Crippen LogP contribution is 2.24. The number of amides is 1. The molecule has 0 radical (unpaired) electrons. The lowest BCUT2D eigenvalue weighted by molar-refractivity contribution is -0.123. The van der Waals surface area contributed by atoms with Gasteiger partial charge >= 0.3 is 0 Å². The van der Waals surface area contributed by atoms with Crippen LogP contribution in [0.5, 0.6) is 5.75 Å². The van der Waals surface area contributed by atoms with E-state index in [1.54, 1.807) is 0 Å². The zero-order chi connectivity index (χ0) is 19.4. The van der Waals surface area contributed by atoms with Crippen LogP contribution in [0.15, 0.2) is 36.4 Å². The van der Waals surface area contributed by atoms with E-state index in [-0.39, 0.29) is 18.6 Å². The highest BCUT2D eigenvalue weighted by molar-refractivity contribution is 5.78. The molecule has 2 aromatic rings. The summed E-state index contributed by atoms with van der Waals surface area (Å²) in [7, 11) is 0. The van der Waals surface area contributed by atoms with E-state index in [2.05, 4.69) is 42.3 Å². The number of aliphatic hydroxyl groups is 1. The van der Waals surface area contributed by atoms with Crippen LogP contribution in [0.1, 0.15) is 40.8 Å². The molecule has 1 aliphatic heterocycles. The zero-order valence-corrected chi connectivity index (χ0v) is 16.3. The average Bonchev–Trinajstić information content (AvgIpc) is 2.84. The maximum Gasteiger partial charge on any atom is 0.234 e. The summed E-state index contributed by atoms with van der Waals surface area (Å²) in [5.41, 5.74) is 5.39. The SMILES string of the molecule is Cc1ccc(C)c(C(C)NC(=O)CN2CCOc3ccc(CO)cc3C2)c1. The summed E-state index contributed by atoms with van der Waals surface area (Å²) in [6.45, 7) is 8.34. The predicted octanol–water partition coefficient (Wildman–Crippen LogP) is 2.87. The summed E-state index contributed by atoms with van der Waals surface area (Å²) in [6.07, 6.45) is 0. The van der Waals surface area contributed by atoms with Crippen molar-refractivity contribution in [3.63, 3.8) is 0 Å². The normalized spacial score (nSPS) is 15.4. The van der Waals surface area contributed by atoms with Gasteiger partial charge in [-0.15, -0.1) is 0 Å². The first-order chi connectivity index (χ1) is 13.0. The first-order valence-electron chi connectivity index (χ1n) is 9.40. The number of fused-ring (bicyclic) bond motifs is 1. The minimum absolute atomic E-state index is 0.00112. The van der Waals surface area contributed by atoms with Crippen LogP contribution in [0, 0.1) is 13.8 Å². The smallest absolute Gasteiger partial charge is 0.234 e. The molecule has 1 atom stereocenters. The molecule has 0 aliphatic carbocycles. The van der Waals surface area contributed by atoms with Gasteiger partial charge in [-0.05, 0) is 49.6 Å². The third-order valence-corrected chi connectivity index (χ3v) is 5.01. The van der Waals surface area contributed by atoms with Gasteiger partial charge in [-0.3, -0.25) is 9.69 Å². The topological polar surface area (TPSA) is 61.8 Å². The summed E-state index contributed by atoms with van der Waals surface area (Å²) >= 11 is 0. The Morgan fingerprint density at radius 3 is 2.85 bits per heavy atom. The number of aryl methyl sites for hydroxylation is 2. The molecule has 3 rings (SSSR count). The molecule has 0 fully saturated rings. The summed E-state index contributed by atoms with van der Waals surface area (Å²) in [4.78, 5) is 14.7. The number of aliphatic hydroxyl groups excluding tert-OH is 1. The maximum absolute atomic E-state index is 12.6. The molecule has 0 aromatic heterocycles. The summed E-state index contributed by atoms with van der Waals surface area (Å²) in [5.74, 6) is 0.837. The maximum atomic E-state index is 12.6. The Morgan fingerprint density at radius 1 is 1.26 bits per heavy atom. The van der Waals surface area contributed by atoms with Crippen LogP contribution < -0.4 is 10.1 Å². The second-order valence-electron chi connectivity index (χ2n) is 7.31. The van der Waals surface area contributed by atoms with Crippen molar-refractivity contribution in [2.45, 2.75) is 40.0 Å². The molecule has 0 saturated carbocycles. The third kappa shape index (κ3) is 4.87. The lowest BCUT2D eigenvalue weighted by Crippen LogP contribution is -2.39. The van der Waals surface area contributed by atoms with E-state index in [1.807, 2.05) is 25.1 Å². The number of hydrogen-bond donors (Lipinski definition) is 2. The molecular formula is C22H28N2O3. The van der Waals surface area contributed by atoms with E-state index in [0.29, 0.717) is 26.2 Å². The van der Waals surface area contributed by atoms with Crippen molar-refractivity contribution < 1.29 is 14.6 Å². The fourth-order valence-corrected chi connectivity index (χ4v) is 3.53. The lowest BCUT2D eigenvalue weighted by atomic mass is 10.00. The fourth-order valence-electron chi connectivity index (χ4n) is 3.53. The van der Waals surface area contributed by atoms with Gasteiger partial charge in [0.15, 0.2) is 0 Å². The standard InChI is InChI=1S/C22H28N2O3/c1-15-4-5-16(2)20(10-15)17(3)23-22(26)13-24-8-9-27-21-7-6-18(14-25)11-19(21)12-24/h4-7,10-11,17,25H,8-9,12-14H2,1-3H3,(H,23,26). The number of benzene rings is 2. The van der Waals surface area contributed by atoms with Crippen LogP contribution in [0.4, 0.5) is 0 Å². The van der Waals surface area contributed by atoms with E-state index in [9.17, 15) is 9.90 Å². The lowest BCUT2D eigenvalue weighted by Gasteiger charge is -2.22. The zero-order valence-electron chi connectivity index (χ0n) is 16.3. The monoisotopic (exact) mass is 368 g/mol. The number of nitrogens with zero attached hydrogens (tertiary/aromatic N) is 1. The largest absolute Gasteiger partial charge is 0.492 e. The van der Waals surface area contributed by atoms with Crippen molar-refractivity contribution in [2.75, 3.05) is 19.7 Å². The van der Waals surface area contributed by atoms with Crippen LogP contribution in [0.25, 0.3) is 0 Å². The quantitative estimate of drug-likeness (QED) is 0.852. The number of carbonyl (C=O) groups is 1. The van der Waals surface area contributed by atoms with Gasteiger partial charge in [0, 0.05) is 18.7 Å². The third-order valence-electron chi connectivity index (χ3n) is 5.01. The molecule has 1 amide bonds. The molecule has 2 aromatic carbocycles. The first-order valence-corrected chi connectivity index (χ1v) is 9.40. The Balaban J connectivity index is 1.64. The van der Waals surface area contributed by atoms with Crippen LogP contribution >= 0.6 is 0 Å². The van der Waals surface area contributed by atoms with Crippen molar-refractivity contribution in [3.8, 4) is 5.75 Å². The molecule has 0 bridgehead atoms. The van der Waals surface area contributed by atoms with Crippen LogP contribution in [0.2, 0.25) is 0 Å². The number of nitrogens with one attached hydrogen (secondary N) is 1. The molecule has 144 valence electrons.